The molecular formula is C29H23F5N6O2. The molecule has 0 aliphatic heterocycles. The quantitative estimate of drug-likeness (QED) is 0.262. The van der Waals surface area contributed by atoms with Crippen LogP contribution in [0.25, 0.3) is 33.4 Å². The average molecular weight is 583 g/mol. The first-order chi connectivity index (χ1) is 19.9. The van der Waals surface area contributed by atoms with Crippen LogP contribution in [0.1, 0.15) is 36.1 Å². The number of aryl methyl sites for hydroxylation is 1. The molecule has 1 N–H and O–H groups in total. The average Bonchev–Trinajstić information content (AvgIpc) is 2.95. The predicted molar refractivity (Wildman–Crippen MR) is 147 cm³/mol. The van der Waals surface area contributed by atoms with Gasteiger partial charge < -0.3 is 9.88 Å². The zero-order chi connectivity index (χ0) is 30.5. The van der Waals surface area contributed by atoms with Crippen molar-refractivity contribution in [1.82, 2.24) is 24.3 Å². The van der Waals surface area contributed by atoms with Crippen LogP contribution in [0.2, 0.25) is 0 Å². The highest BCUT2D eigenvalue weighted by Crippen LogP contribution is 2.35. The Balaban J connectivity index is 1.61. The molecule has 42 heavy (non-hydrogen) atoms. The first kappa shape index (κ1) is 28.6. The summed E-state index contributed by atoms with van der Waals surface area (Å²) in [6, 6.07) is 4.57. The lowest BCUT2D eigenvalue weighted by molar-refractivity contribution is 0.146. The van der Waals surface area contributed by atoms with E-state index in [1.54, 1.807) is 13.0 Å². The zero-order valence-electron chi connectivity index (χ0n) is 22.7. The van der Waals surface area contributed by atoms with Crippen molar-refractivity contribution in [2.24, 2.45) is 14.1 Å². The second kappa shape index (κ2) is 10.8. The fourth-order valence-corrected chi connectivity index (χ4v) is 4.83. The maximum absolute atomic E-state index is 14.7. The van der Waals surface area contributed by atoms with Crippen molar-refractivity contribution in [1.29, 1.82) is 0 Å². The minimum Gasteiger partial charge on any atom is -0.378 e. The fraction of sp³-hybridized carbons (Fsp3) is 0.207. The van der Waals surface area contributed by atoms with Gasteiger partial charge in [0.15, 0.2) is 17.5 Å². The molecule has 0 saturated carbocycles. The summed E-state index contributed by atoms with van der Waals surface area (Å²) in [5.41, 5.74) is -0.535. The highest BCUT2D eigenvalue weighted by Gasteiger charge is 2.24. The topological polar surface area (TPSA) is 94.7 Å². The number of fused-ring (bicyclic) bond motifs is 1. The van der Waals surface area contributed by atoms with Crippen molar-refractivity contribution in [3.8, 4) is 22.6 Å². The maximum Gasteiger partial charge on any atom is 0.270 e. The van der Waals surface area contributed by atoms with Crippen molar-refractivity contribution < 1.29 is 22.0 Å². The summed E-state index contributed by atoms with van der Waals surface area (Å²) in [4.78, 5) is 34.3. The van der Waals surface area contributed by atoms with Gasteiger partial charge in [-0.3, -0.25) is 9.59 Å². The van der Waals surface area contributed by atoms with Gasteiger partial charge in [-0.05, 0) is 55.1 Å². The van der Waals surface area contributed by atoms with E-state index in [1.807, 2.05) is 0 Å². The SMILES string of the molecule is Cc1c(-c2ncc(-c3cc4c([C@@H](C)Nc5ccc(F)c(F)c5C(F)F)cc(F)cc4c(=O)n3C)cn2)cnn(C)c1=O. The van der Waals surface area contributed by atoms with E-state index >= 15 is 0 Å². The molecule has 0 radical (unpaired) electrons. The number of aromatic nitrogens is 5. The molecule has 0 saturated heterocycles. The summed E-state index contributed by atoms with van der Waals surface area (Å²) in [5.74, 6) is -3.62. The standard InChI is InChI=1S/C29H23F5N6O2/c1-13-20(12-37-40(4)28(13)41)27-35-10-15(11-36-27)23-9-18-17(7-16(30)8-19(18)29(42)39(23)3)14(2)38-22-6-5-21(31)25(32)24(22)26(33)34/h5-12,14,26,38H,1-4H3/t14-/m1/s1. The number of hydrogen-bond donors (Lipinski definition) is 1. The molecule has 216 valence electrons. The van der Waals surface area contributed by atoms with Crippen molar-refractivity contribution in [3.05, 3.63) is 104 Å². The van der Waals surface area contributed by atoms with Crippen molar-refractivity contribution >= 4 is 16.5 Å². The number of nitrogens with zero attached hydrogens (tertiary/aromatic N) is 5. The van der Waals surface area contributed by atoms with Gasteiger partial charge in [-0.15, -0.1) is 0 Å². The first-order valence-corrected chi connectivity index (χ1v) is 12.6. The van der Waals surface area contributed by atoms with Gasteiger partial charge in [0.1, 0.15) is 5.82 Å². The number of halogens is 5. The van der Waals surface area contributed by atoms with Crippen LogP contribution in [-0.2, 0) is 14.1 Å². The molecule has 0 unspecified atom stereocenters. The van der Waals surface area contributed by atoms with Gasteiger partial charge in [0.2, 0.25) is 0 Å². The molecule has 13 heteroatoms. The molecule has 5 aromatic rings. The summed E-state index contributed by atoms with van der Waals surface area (Å²) in [6.45, 7) is 3.14. The van der Waals surface area contributed by atoms with E-state index in [0.29, 0.717) is 33.8 Å². The van der Waals surface area contributed by atoms with Crippen LogP contribution in [0.5, 0.6) is 0 Å². The summed E-state index contributed by atoms with van der Waals surface area (Å²) in [5, 5.41) is 7.03. The van der Waals surface area contributed by atoms with E-state index in [9.17, 15) is 31.5 Å². The second-order valence-corrected chi connectivity index (χ2v) is 9.75. The van der Waals surface area contributed by atoms with Gasteiger partial charge in [0.05, 0.1) is 22.8 Å². The fourth-order valence-electron chi connectivity index (χ4n) is 4.83. The zero-order valence-corrected chi connectivity index (χ0v) is 22.7. The highest BCUT2D eigenvalue weighted by molar-refractivity contribution is 5.89. The minimum absolute atomic E-state index is 0.0173. The van der Waals surface area contributed by atoms with Gasteiger partial charge in [0, 0.05) is 54.9 Å². The van der Waals surface area contributed by atoms with Crippen molar-refractivity contribution in [3.63, 3.8) is 0 Å². The van der Waals surface area contributed by atoms with E-state index in [-0.39, 0.29) is 28.0 Å². The maximum atomic E-state index is 14.7. The van der Waals surface area contributed by atoms with Crippen LogP contribution in [-0.4, -0.2) is 24.3 Å². The molecule has 5 rings (SSSR count). The third-order valence-corrected chi connectivity index (χ3v) is 7.11. The van der Waals surface area contributed by atoms with Gasteiger partial charge in [-0.1, -0.05) is 0 Å². The minimum atomic E-state index is -3.32. The molecule has 0 spiro atoms. The Labute approximate surface area is 235 Å². The number of anilines is 1. The third kappa shape index (κ3) is 4.91. The summed E-state index contributed by atoms with van der Waals surface area (Å²) in [6.07, 6.45) is 1.07. The summed E-state index contributed by atoms with van der Waals surface area (Å²) >= 11 is 0. The number of nitrogens with one attached hydrogen (secondary N) is 1. The Morgan fingerprint density at radius 1 is 0.905 bits per heavy atom. The van der Waals surface area contributed by atoms with Gasteiger partial charge >= 0.3 is 0 Å². The Morgan fingerprint density at radius 3 is 2.26 bits per heavy atom. The summed E-state index contributed by atoms with van der Waals surface area (Å²) < 4.78 is 72.2. The van der Waals surface area contributed by atoms with E-state index in [1.165, 1.54) is 48.9 Å². The Bertz CT molecular complexity index is 1970. The van der Waals surface area contributed by atoms with Crippen molar-refractivity contribution in [2.45, 2.75) is 26.3 Å². The van der Waals surface area contributed by atoms with E-state index < -0.39 is 41.0 Å². The smallest absolute Gasteiger partial charge is 0.270 e. The van der Waals surface area contributed by atoms with E-state index in [0.717, 1.165) is 18.2 Å². The Morgan fingerprint density at radius 2 is 1.60 bits per heavy atom. The van der Waals surface area contributed by atoms with Crippen LogP contribution in [0.15, 0.2) is 58.5 Å². The lowest BCUT2D eigenvalue weighted by Crippen LogP contribution is -2.22. The Hall–Kier alpha value is -4.94. The number of rotatable bonds is 6. The molecule has 3 heterocycles. The van der Waals surface area contributed by atoms with Crippen LogP contribution in [0.3, 0.4) is 0 Å². The van der Waals surface area contributed by atoms with Crippen LogP contribution < -0.4 is 16.4 Å². The van der Waals surface area contributed by atoms with Crippen LogP contribution >= 0.6 is 0 Å². The normalized spacial score (nSPS) is 12.2. The van der Waals surface area contributed by atoms with Crippen LogP contribution in [0.4, 0.5) is 27.6 Å². The third-order valence-electron chi connectivity index (χ3n) is 7.11. The molecule has 0 aliphatic rings. The molecule has 8 nitrogen and oxygen atoms in total. The van der Waals surface area contributed by atoms with Crippen molar-refractivity contribution in [2.75, 3.05) is 5.32 Å². The Kier molecular flexibility index (Phi) is 7.35. The van der Waals surface area contributed by atoms with E-state index in [4.69, 9.17) is 0 Å². The van der Waals surface area contributed by atoms with Gasteiger partial charge in [-0.2, -0.15) is 5.10 Å². The molecule has 0 aliphatic carbocycles. The number of pyridine rings is 1. The van der Waals surface area contributed by atoms with Gasteiger partial charge in [-0.25, -0.2) is 36.6 Å². The highest BCUT2D eigenvalue weighted by atomic mass is 19.3. The van der Waals surface area contributed by atoms with Crippen LogP contribution in [0, 0.1) is 24.4 Å². The predicted octanol–water partition coefficient (Wildman–Crippen LogP) is 5.59. The number of alkyl halides is 2. The lowest BCUT2D eigenvalue weighted by atomic mass is 9.98. The second-order valence-electron chi connectivity index (χ2n) is 9.75. The number of benzene rings is 2. The largest absolute Gasteiger partial charge is 0.378 e. The molecule has 0 bridgehead atoms. The summed E-state index contributed by atoms with van der Waals surface area (Å²) in [7, 11) is 3.01. The number of hydrogen-bond acceptors (Lipinski definition) is 6. The lowest BCUT2D eigenvalue weighted by Gasteiger charge is -2.21. The molecule has 1 atom stereocenters. The molecule has 2 aromatic carbocycles. The molecular weight excluding hydrogens is 559 g/mol. The molecule has 0 fully saturated rings. The monoisotopic (exact) mass is 582 g/mol. The molecule has 3 aromatic heterocycles. The van der Waals surface area contributed by atoms with E-state index in [2.05, 4.69) is 20.4 Å². The molecule has 0 amide bonds. The van der Waals surface area contributed by atoms with Gasteiger partial charge in [0.25, 0.3) is 17.5 Å². The first-order valence-electron chi connectivity index (χ1n) is 12.6.